The molecule has 0 bridgehead atoms. The number of nitriles is 1. The first-order valence-corrected chi connectivity index (χ1v) is 5.86. The van der Waals surface area contributed by atoms with Crippen molar-refractivity contribution in [2.75, 3.05) is 13.1 Å². The van der Waals surface area contributed by atoms with Gasteiger partial charge in [-0.3, -0.25) is 4.79 Å². The van der Waals surface area contributed by atoms with Crippen LogP contribution < -0.4 is 0 Å². The predicted molar refractivity (Wildman–Crippen MR) is 61.2 cm³/mol. The first-order valence-electron chi connectivity index (χ1n) is 5.86. The van der Waals surface area contributed by atoms with Gasteiger partial charge in [0, 0.05) is 12.5 Å². The highest BCUT2D eigenvalue weighted by Gasteiger charge is 2.20. The molecule has 0 aromatic carbocycles. The number of amides is 1. The average Bonchev–Trinajstić information content (AvgIpc) is 2.26. The third-order valence-electron chi connectivity index (χ3n) is 2.70. The van der Waals surface area contributed by atoms with Gasteiger partial charge in [0.25, 0.3) is 0 Å². The average molecular weight is 210 g/mol. The van der Waals surface area contributed by atoms with Crippen molar-refractivity contribution in [2.24, 2.45) is 5.92 Å². The molecule has 1 unspecified atom stereocenters. The van der Waals surface area contributed by atoms with Crippen molar-refractivity contribution in [2.45, 2.75) is 46.5 Å². The minimum Gasteiger partial charge on any atom is -0.329 e. The van der Waals surface area contributed by atoms with Crippen molar-refractivity contribution < 1.29 is 4.79 Å². The third kappa shape index (κ3) is 4.83. The quantitative estimate of drug-likeness (QED) is 0.606. The summed E-state index contributed by atoms with van der Waals surface area (Å²) >= 11 is 0. The van der Waals surface area contributed by atoms with Crippen molar-refractivity contribution in [3.8, 4) is 6.07 Å². The lowest BCUT2D eigenvalue weighted by Gasteiger charge is -2.23. The zero-order valence-corrected chi connectivity index (χ0v) is 10.1. The summed E-state index contributed by atoms with van der Waals surface area (Å²) < 4.78 is 0. The van der Waals surface area contributed by atoms with E-state index in [1.807, 2.05) is 19.9 Å². The number of hydrogen-bond acceptors (Lipinski definition) is 2. The Morgan fingerprint density at radius 3 is 2.47 bits per heavy atom. The fourth-order valence-electron chi connectivity index (χ4n) is 1.64. The first-order chi connectivity index (χ1) is 7.21. The van der Waals surface area contributed by atoms with Gasteiger partial charge in [-0.1, -0.05) is 26.7 Å². The molecule has 0 saturated carbocycles. The molecular weight excluding hydrogens is 188 g/mol. The van der Waals surface area contributed by atoms with Gasteiger partial charge < -0.3 is 4.90 Å². The normalized spacial score (nSPS) is 11.9. The van der Waals surface area contributed by atoms with Crippen LogP contribution >= 0.6 is 0 Å². The van der Waals surface area contributed by atoms with Crippen LogP contribution in [0.5, 0.6) is 0 Å². The van der Waals surface area contributed by atoms with Crippen LogP contribution in [0.2, 0.25) is 0 Å². The number of hydrogen-bond donors (Lipinski definition) is 0. The lowest BCUT2D eigenvalue weighted by atomic mass is 9.98. The molecule has 0 aliphatic carbocycles. The zero-order chi connectivity index (χ0) is 11.7. The summed E-state index contributed by atoms with van der Waals surface area (Å²) in [6.45, 7) is 6.94. The van der Waals surface area contributed by atoms with E-state index in [1.165, 1.54) is 0 Å². The summed E-state index contributed by atoms with van der Waals surface area (Å²) in [4.78, 5) is 13.6. The number of rotatable bonds is 7. The molecule has 0 fully saturated rings. The molecule has 1 atom stereocenters. The van der Waals surface area contributed by atoms with Crippen molar-refractivity contribution in [3.05, 3.63) is 0 Å². The lowest BCUT2D eigenvalue weighted by molar-refractivity contribution is -0.135. The Kier molecular flexibility index (Phi) is 7.71. The van der Waals surface area contributed by atoms with E-state index in [9.17, 15) is 4.79 Å². The van der Waals surface area contributed by atoms with Crippen LogP contribution in [0.1, 0.15) is 46.5 Å². The minimum absolute atomic E-state index is 0.109. The summed E-state index contributed by atoms with van der Waals surface area (Å²) in [5.41, 5.74) is 0. The molecule has 0 N–H and O–H groups in total. The Morgan fingerprint density at radius 1 is 1.40 bits per heavy atom. The SMILES string of the molecule is CCCCC(CC)C(=O)N(CC)CC#N. The van der Waals surface area contributed by atoms with Gasteiger partial charge in [-0.15, -0.1) is 0 Å². The predicted octanol–water partition coefficient (Wildman–Crippen LogP) is 2.57. The van der Waals surface area contributed by atoms with Crippen molar-refractivity contribution in [3.63, 3.8) is 0 Å². The highest BCUT2D eigenvalue weighted by atomic mass is 16.2. The number of nitrogens with zero attached hydrogens (tertiary/aromatic N) is 2. The molecule has 0 rings (SSSR count). The Hall–Kier alpha value is -1.04. The molecule has 0 aromatic heterocycles. The molecule has 86 valence electrons. The lowest BCUT2D eigenvalue weighted by Crippen LogP contribution is -2.36. The van der Waals surface area contributed by atoms with Gasteiger partial charge in [0.15, 0.2) is 0 Å². The summed E-state index contributed by atoms with van der Waals surface area (Å²) in [7, 11) is 0. The molecular formula is C12H22N2O. The fraction of sp³-hybridized carbons (Fsp3) is 0.833. The molecule has 0 saturated heterocycles. The Bertz CT molecular complexity index is 220. The van der Waals surface area contributed by atoms with Gasteiger partial charge in [-0.25, -0.2) is 0 Å². The first kappa shape index (κ1) is 14.0. The maximum absolute atomic E-state index is 12.0. The molecule has 0 heterocycles. The van der Waals surface area contributed by atoms with E-state index < -0.39 is 0 Å². The maximum Gasteiger partial charge on any atom is 0.226 e. The van der Waals surface area contributed by atoms with Crippen LogP contribution in [-0.4, -0.2) is 23.9 Å². The standard InChI is InChI=1S/C12H22N2O/c1-4-7-8-11(5-2)12(15)14(6-3)10-9-13/h11H,4-8,10H2,1-3H3. The van der Waals surface area contributed by atoms with Crippen molar-refractivity contribution >= 4 is 5.91 Å². The zero-order valence-electron chi connectivity index (χ0n) is 10.1. The monoisotopic (exact) mass is 210 g/mol. The van der Waals surface area contributed by atoms with Gasteiger partial charge >= 0.3 is 0 Å². The summed E-state index contributed by atoms with van der Waals surface area (Å²) in [6, 6.07) is 2.04. The summed E-state index contributed by atoms with van der Waals surface area (Å²) in [5.74, 6) is 0.258. The van der Waals surface area contributed by atoms with E-state index in [-0.39, 0.29) is 18.4 Å². The molecule has 0 radical (unpaired) electrons. The summed E-state index contributed by atoms with van der Waals surface area (Å²) in [6.07, 6.45) is 4.04. The molecule has 0 aliphatic rings. The molecule has 15 heavy (non-hydrogen) atoms. The van der Waals surface area contributed by atoms with Crippen LogP contribution in [0, 0.1) is 17.2 Å². The van der Waals surface area contributed by atoms with Gasteiger partial charge in [-0.05, 0) is 19.8 Å². The van der Waals surface area contributed by atoms with E-state index in [1.54, 1.807) is 4.90 Å². The van der Waals surface area contributed by atoms with Gasteiger partial charge in [0.1, 0.15) is 6.54 Å². The number of unbranched alkanes of at least 4 members (excludes halogenated alkanes) is 1. The number of carbonyl (C=O) groups excluding carboxylic acids is 1. The molecule has 3 heteroatoms. The van der Waals surface area contributed by atoms with E-state index in [0.717, 1.165) is 25.7 Å². The van der Waals surface area contributed by atoms with Gasteiger partial charge in [-0.2, -0.15) is 5.26 Å². The second kappa shape index (κ2) is 8.28. The van der Waals surface area contributed by atoms with E-state index in [4.69, 9.17) is 5.26 Å². The second-order valence-corrected chi connectivity index (χ2v) is 3.76. The Labute approximate surface area is 93.1 Å². The van der Waals surface area contributed by atoms with Crippen LogP contribution in [0.25, 0.3) is 0 Å². The van der Waals surface area contributed by atoms with E-state index in [0.29, 0.717) is 6.54 Å². The highest BCUT2D eigenvalue weighted by Crippen LogP contribution is 2.15. The van der Waals surface area contributed by atoms with Crippen LogP contribution in [0.4, 0.5) is 0 Å². The van der Waals surface area contributed by atoms with Crippen LogP contribution in [-0.2, 0) is 4.79 Å². The molecule has 3 nitrogen and oxygen atoms in total. The fourth-order valence-corrected chi connectivity index (χ4v) is 1.64. The Morgan fingerprint density at radius 2 is 2.07 bits per heavy atom. The second-order valence-electron chi connectivity index (χ2n) is 3.76. The molecule has 1 amide bonds. The van der Waals surface area contributed by atoms with Crippen molar-refractivity contribution in [1.82, 2.24) is 4.90 Å². The minimum atomic E-state index is 0.109. The summed E-state index contributed by atoms with van der Waals surface area (Å²) in [5, 5.41) is 8.60. The highest BCUT2D eigenvalue weighted by molar-refractivity contribution is 5.78. The van der Waals surface area contributed by atoms with Crippen LogP contribution in [0.3, 0.4) is 0 Å². The Balaban J connectivity index is 4.28. The molecule has 0 spiro atoms. The largest absolute Gasteiger partial charge is 0.329 e. The number of carbonyl (C=O) groups is 1. The van der Waals surface area contributed by atoms with Gasteiger partial charge in [0.05, 0.1) is 6.07 Å². The van der Waals surface area contributed by atoms with E-state index in [2.05, 4.69) is 6.92 Å². The molecule has 0 aromatic rings. The van der Waals surface area contributed by atoms with Gasteiger partial charge in [0.2, 0.25) is 5.91 Å². The van der Waals surface area contributed by atoms with Crippen LogP contribution in [0.15, 0.2) is 0 Å². The topological polar surface area (TPSA) is 44.1 Å². The van der Waals surface area contributed by atoms with E-state index >= 15 is 0 Å². The third-order valence-corrected chi connectivity index (χ3v) is 2.70. The molecule has 0 aliphatic heterocycles. The maximum atomic E-state index is 12.0. The smallest absolute Gasteiger partial charge is 0.226 e. The van der Waals surface area contributed by atoms with Crippen molar-refractivity contribution in [1.29, 1.82) is 5.26 Å².